The molecule has 0 aliphatic rings. The Labute approximate surface area is 102 Å². The third kappa shape index (κ3) is 12.8. The average molecular weight is 151 g/mol. The monoisotopic (exact) mass is 151 g/mol. The smallest absolute Gasteiger partial charge is 0.346 e. The van der Waals surface area contributed by atoms with E-state index >= 15 is 0 Å². The molecule has 0 spiro atoms. The minimum atomic E-state index is 0. The normalized spacial score (nSPS) is 9.33. The van der Waals surface area contributed by atoms with Crippen LogP contribution in [0.25, 0.3) is 0 Å². The van der Waals surface area contributed by atoms with Gasteiger partial charge < -0.3 is 13.3 Å². The summed E-state index contributed by atoms with van der Waals surface area (Å²) in [6, 6.07) is 0. The van der Waals surface area contributed by atoms with Gasteiger partial charge in [0.25, 0.3) is 0 Å². The Morgan fingerprint density at radius 2 is 2.00 bits per heavy atom. The molecule has 0 atom stereocenters. The van der Waals surface area contributed by atoms with Crippen molar-refractivity contribution in [2.75, 3.05) is 0 Å². The SMILES string of the molecule is [CH2-]CC[CH-]CC(C)C.[K+]. The molecule has 0 aromatic carbocycles. The maximum Gasteiger partial charge on any atom is 1.00 e. The molecule has 0 saturated carbocycles. The van der Waals surface area contributed by atoms with E-state index in [1.807, 2.05) is 0 Å². The van der Waals surface area contributed by atoms with Crippen LogP contribution in [0.15, 0.2) is 0 Å². The number of rotatable bonds is 4. The summed E-state index contributed by atoms with van der Waals surface area (Å²) in [5.74, 6) is 0.821. The zero-order valence-electron chi connectivity index (χ0n) is 6.98. The van der Waals surface area contributed by atoms with Crippen molar-refractivity contribution >= 4 is 0 Å². The fourth-order valence-corrected chi connectivity index (χ4v) is 0.596. The van der Waals surface area contributed by atoms with E-state index in [1.54, 1.807) is 0 Å². The van der Waals surface area contributed by atoms with Crippen LogP contribution in [0.1, 0.15) is 33.1 Å². The van der Waals surface area contributed by atoms with Crippen molar-refractivity contribution in [1.82, 2.24) is 0 Å². The summed E-state index contributed by atoms with van der Waals surface area (Å²) in [6.07, 6.45) is 5.79. The molecule has 0 aliphatic heterocycles. The molecule has 0 aromatic rings. The zero-order chi connectivity index (χ0) is 6.41. The number of unbranched alkanes of at least 4 members (excludes halogenated alkanes) is 2. The summed E-state index contributed by atoms with van der Waals surface area (Å²) >= 11 is 0. The van der Waals surface area contributed by atoms with Gasteiger partial charge in [0.1, 0.15) is 0 Å². The average Bonchev–Trinajstić information content (AvgIpc) is 1.66. The van der Waals surface area contributed by atoms with E-state index in [2.05, 4.69) is 27.2 Å². The second-order valence-electron chi connectivity index (χ2n) is 2.56. The molecular weight excluding hydrogens is 135 g/mol. The predicted octanol–water partition coefficient (Wildman–Crippen LogP) is -0.145. The first-order valence-electron chi connectivity index (χ1n) is 3.38. The van der Waals surface area contributed by atoms with Gasteiger partial charge in [-0.05, 0) is 0 Å². The van der Waals surface area contributed by atoms with Crippen LogP contribution in [0, 0.1) is 19.3 Å². The second kappa shape index (κ2) is 9.64. The van der Waals surface area contributed by atoms with Gasteiger partial charge in [-0.2, -0.15) is 6.42 Å². The summed E-state index contributed by atoms with van der Waals surface area (Å²) in [4.78, 5) is 0. The van der Waals surface area contributed by atoms with Crippen LogP contribution in [0.5, 0.6) is 0 Å². The maximum absolute atomic E-state index is 3.75. The van der Waals surface area contributed by atoms with Gasteiger partial charge >= 0.3 is 51.4 Å². The first-order chi connectivity index (χ1) is 3.77. The maximum atomic E-state index is 3.75. The van der Waals surface area contributed by atoms with Gasteiger partial charge in [-0.15, -0.1) is 0 Å². The van der Waals surface area contributed by atoms with Crippen LogP contribution < -0.4 is 51.4 Å². The van der Waals surface area contributed by atoms with Gasteiger partial charge in [0.15, 0.2) is 0 Å². The Morgan fingerprint density at radius 3 is 2.33 bits per heavy atom. The molecule has 0 aromatic heterocycles. The first kappa shape index (κ1) is 13.2. The third-order valence-electron chi connectivity index (χ3n) is 1.05. The Morgan fingerprint density at radius 1 is 1.44 bits per heavy atom. The second-order valence-corrected chi connectivity index (χ2v) is 2.56. The van der Waals surface area contributed by atoms with Crippen molar-refractivity contribution < 1.29 is 51.4 Å². The van der Waals surface area contributed by atoms with Crippen molar-refractivity contribution in [3.05, 3.63) is 13.3 Å². The standard InChI is InChI=1S/C8H16.K/c1-4-5-6-7-8(2)3;/h6,8H,1,4-5,7H2,2-3H3;/q-2;+1. The molecular formula is C8H16K-. The molecule has 0 unspecified atom stereocenters. The Kier molecular flexibility index (Phi) is 14.2. The van der Waals surface area contributed by atoms with Crippen molar-refractivity contribution in [3.63, 3.8) is 0 Å². The quantitative estimate of drug-likeness (QED) is 0.298. The molecule has 0 radical (unpaired) electrons. The van der Waals surface area contributed by atoms with Gasteiger partial charge in [0.2, 0.25) is 0 Å². The molecule has 0 heterocycles. The minimum Gasteiger partial charge on any atom is -0.346 e. The molecule has 50 valence electrons. The molecule has 0 nitrogen and oxygen atoms in total. The van der Waals surface area contributed by atoms with Gasteiger partial charge in [-0.3, -0.25) is 0 Å². The molecule has 0 amide bonds. The van der Waals surface area contributed by atoms with Gasteiger partial charge in [-0.25, -0.2) is 12.8 Å². The van der Waals surface area contributed by atoms with E-state index in [4.69, 9.17) is 0 Å². The molecule has 0 saturated heterocycles. The predicted molar refractivity (Wildman–Crippen MR) is 38.3 cm³/mol. The Balaban J connectivity index is 0. The topological polar surface area (TPSA) is 0 Å². The number of hydrogen-bond acceptors (Lipinski definition) is 0. The van der Waals surface area contributed by atoms with Crippen LogP contribution in [0.3, 0.4) is 0 Å². The Bertz CT molecular complexity index is 41.8. The summed E-state index contributed by atoms with van der Waals surface area (Å²) in [5.41, 5.74) is 0. The zero-order valence-corrected chi connectivity index (χ0v) is 10.1. The molecule has 1 heteroatoms. The van der Waals surface area contributed by atoms with E-state index in [1.165, 1.54) is 12.8 Å². The van der Waals surface area contributed by atoms with Gasteiger partial charge in [-0.1, -0.05) is 19.8 Å². The largest absolute Gasteiger partial charge is 1.00 e. The third-order valence-corrected chi connectivity index (χ3v) is 1.05. The van der Waals surface area contributed by atoms with E-state index in [0.29, 0.717) is 0 Å². The molecule has 9 heavy (non-hydrogen) atoms. The van der Waals surface area contributed by atoms with Crippen molar-refractivity contribution in [3.8, 4) is 0 Å². The minimum absolute atomic E-state index is 0. The fourth-order valence-electron chi connectivity index (χ4n) is 0.596. The molecule has 0 N–H and O–H groups in total. The van der Waals surface area contributed by atoms with Crippen molar-refractivity contribution in [1.29, 1.82) is 0 Å². The molecule has 0 bridgehead atoms. The molecule has 0 aliphatic carbocycles. The Hall–Kier alpha value is 1.64. The summed E-state index contributed by atoms with van der Waals surface area (Å²) < 4.78 is 0. The van der Waals surface area contributed by atoms with Crippen LogP contribution in [-0.4, -0.2) is 0 Å². The summed E-state index contributed by atoms with van der Waals surface area (Å²) in [5, 5.41) is 0. The van der Waals surface area contributed by atoms with E-state index < -0.39 is 0 Å². The van der Waals surface area contributed by atoms with Gasteiger partial charge in [0, 0.05) is 0 Å². The summed E-state index contributed by atoms with van der Waals surface area (Å²) in [6.45, 7) is 8.22. The van der Waals surface area contributed by atoms with E-state index in [9.17, 15) is 0 Å². The van der Waals surface area contributed by atoms with Crippen LogP contribution >= 0.6 is 0 Å². The van der Waals surface area contributed by atoms with Crippen LogP contribution in [0.2, 0.25) is 0 Å². The van der Waals surface area contributed by atoms with E-state index in [0.717, 1.165) is 12.3 Å². The summed E-state index contributed by atoms with van der Waals surface area (Å²) in [7, 11) is 0. The van der Waals surface area contributed by atoms with Crippen molar-refractivity contribution in [2.45, 2.75) is 33.1 Å². The molecule has 0 fully saturated rings. The van der Waals surface area contributed by atoms with Crippen LogP contribution in [-0.2, 0) is 0 Å². The number of hydrogen-bond donors (Lipinski definition) is 0. The van der Waals surface area contributed by atoms with Gasteiger partial charge in [0.05, 0.1) is 0 Å². The first-order valence-corrected chi connectivity index (χ1v) is 3.38. The van der Waals surface area contributed by atoms with Crippen LogP contribution in [0.4, 0.5) is 0 Å². The van der Waals surface area contributed by atoms with E-state index in [-0.39, 0.29) is 51.4 Å². The fraction of sp³-hybridized carbons (Fsp3) is 0.750. The molecule has 0 rings (SSSR count). The van der Waals surface area contributed by atoms with Crippen molar-refractivity contribution in [2.24, 2.45) is 5.92 Å².